The highest BCUT2D eigenvalue weighted by Gasteiger charge is 2.32. The fraction of sp³-hybridized carbons (Fsp3) is 0.529. The Kier molecular flexibility index (Phi) is 5.47. The van der Waals surface area contributed by atoms with Gasteiger partial charge in [-0.1, -0.05) is 30.3 Å². The van der Waals surface area contributed by atoms with Gasteiger partial charge in [0.25, 0.3) is 0 Å². The first-order chi connectivity index (χ1) is 12.3. The lowest BCUT2D eigenvalue weighted by atomic mass is 10.2. The van der Waals surface area contributed by atoms with E-state index in [-0.39, 0.29) is 18.0 Å². The van der Waals surface area contributed by atoms with Crippen LogP contribution in [0, 0.1) is 0 Å². The van der Waals surface area contributed by atoms with E-state index < -0.39 is 10.0 Å². The number of nitrogens with one attached hydrogen (secondary N) is 1. The summed E-state index contributed by atoms with van der Waals surface area (Å²) < 4.78 is 24.4. The van der Waals surface area contributed by atoms with Gasteiger partial charge in [-0.3, -0.25) is 4.79 Å². The molecule has 3 amide bonds. The molecule has 2 fully saturated rings. The molecule has 26 heavy (non-hydrogen) atoms. The number of carbonyl (C=O) groups is 2. The van der Waals surface area contributed by atoms with Crippen LogP contribution in [0.5, 0.6) is 0 Å². The third-order valence-electron chi connectivity index (χ3n) is 4.75. The van der Waals surface area contributed by atoms with E-state index in [9.17, 15) is 18.0 Å². The van der Waals surface area contributed by atoms with Gasteiger partial charge >= 0.3 is 6.03 Å². The van der Waals surface area contributed by atoms with E-state index in [0.29, 0.717) is 45.7 Å². The Balaban J connectivity index is 1.49. The molecule has 3 rings (SSSR count). The quantitative estimate of drug-likeness (QED) is 0.801. The van der Waals surface area contributed by atoms with Crippen molar-refractivity contribution in [2.45, 2.75) is 19.0 Å². The second kappa shape index (κ2) is 7.63. The Bertz CT molecular complexity index is 760. The Morgan fingerprint density at radius 1 is 1.15 bits per heavy atom. The average molecular weight is 380 g/mol. The van der Waals surface area contributed by atoms with Crippen LogP contribution in [-0.2, 0) is 21.4 Å². The molecule has 1 unspecified atom stereocenters. The molecule has 2 aliphatic rings. The van der Waals surface area contributed by atoms with E-state index in [1.54, 1.807) is 9.80 Å². The number of hydrogen-bond donors (Lipinski definition) is 1. The van der Waals surface area contributed by atoms with Crippen molar-refractivity contribution in [2.24, 2.45) is 0 Å². The molecule has 0 bridgehead atoms. The smallest absolute Gasteiger partial charge is 0.317 e. The van der Waals surface area contributed by atoms with Crippen LogP contribution in [-0.4, -0.2) is 79.5 Å². The molecule has 0 aliphatic carbocycles. The van der Waals surface area contributed by atoms with E-state index >= 15 is 0 Å². The summed E-state index contributed by atoms with van der Waals surface area (Å²) in [7, 11) is -3.22. The zero-order valence-electron chi connectivity index (χ0n) is 14.8. The summed E-state index contributed by atoms with van der Waals surface area (Å²) in [5.74, 6) is 0.0287. The largest absolute Gasteiger partial charge is 0.336 e. The van der Waals surface area contributed by atoms with E-state index in [1.165, 1.54) is 10.6 Å². The molecule has 0 aromatic heterocycles. The summed E-state index contributed by atoms with van der Waals surface area (Å²) in [5.41, 5.74) is 1.06. The Morgan fingerprint density at radius 3 is 2.42 bits per heavy atom. The SMILES string of the molecule is CS(=O)(=O)N1CCN(C(=O)NC2CC(=O)N(Cc3ccccc3)C2)CC1. The topological polar surface area (TPSA) is 90.0 Å². The maximum absolute atomic E-state index is 12.4. The van der Waals surface area contributed by atoms with Crippen molar-refractivity contribution < 1.29 is 18.0 Å². The molecule has 1 aromatic carbocycles. The molecule has 1 atom stereocenters. The maximum Gasteiger partial charge on any atom is 0.317 e. The molecule has 1 N–H and O–H groups in total. The van der Waals surface area contributed by atoms with Crippen LogP contribution >= 0.6 is 0 Å². The van der Waals surface area contributed by atoms with Gasteiger partial charge < -0.3 is 15.1 Å². The Labute approximate surface area is 153 Å². The minimum atomic E-state index is -3.22. The number of benzene rings is 1. The lowest BCUT2D eigenvalue weighted by Crippen LogP contribution is -2.54. The molecule has 2 saturated heterocycles. The fourth-order valence-electron chi connectivity index (χ4n) is 3.31. The summed E-state index contributed by atoms with van der Waals surface area (Å²) in [5, 5.41) is 2.90. The molecule has 0 spiro atoms. The van der Waals surface area contributed by atoms with Crippen molar-refractivity contribution in [3.05, 3.63) is 35.9 Å². The van der Waals surface area contributed by atoms with Crippen LogP contribution in [0.1, 0.15) is 12.0 Å². The summed E-state index contributed by atoms with van der Waals surface area (Å²) in [6, 6.07) is 9.29. The Hall–Kier alpha value is -2.13. The molecule has 0 radical (unpaired) electrons. The molecular weight excluding hydrogens is 356 g/mol. The molecule has 2 heterocycles. The predicted molar refractivity (Wildman–Crippen MR) is 96.8 cm³/mol. The fourth-order valence-corrected chi connectivity index (χ4v) is 4.14. The highest BCUT2D eigenvalue weighted by atomic mass is 32.2. The number of urea groups is 1. The summed E-state index contributed by atoms with van der Waals surface area (Å²) in [6.45, 7) is 2.34. The number of nitrogens with zero attached hydrogens (tertiary/aromatic N) is 3. The van der Waals surface area contributed by atoms with Crippen LogP contribution in [0.3, 0.4) is 0 Å². The Morgan fingerprint density at radius 2 is 1.81 bits per heavy atom. The summed E-state index contributed by atoms with van der Waals surface area (Å²) >= 11 is 0. The number of piperazine rings is 1. The van der Waals surface area contributed by atoms with Crippen molar-refractivity contribution in [2.75, 3.05) is 39.0 Å². The lowest BCUT2D eigenvalue weighted by Gasteiger charge is -2.33. The molecule has 142 valence electrons. The molecule has 1 aromatic rings. The monoisotopic (exact) mass is 380 g/mol. The van der Waals surface area contributed by atoms with E-state index in [4.69, 9.17) is 0 Å². The zero-order chi connectivity index (χ0) is 18.7. The number of amides is 3. The number of carbonyl (C=O) groups excluding carboxylic acids is 2. The van der Waals surface area contributed by atoms with Gasteiger partial charge in [-0.2, -0.15) is 4.31 Å². The van der Waals surface area contributed by atoms with E-state index in [2.05, 4.69) is 5.32 Å². The lowest BCUT2D eigenvalue weighted by molar-refractivity contribution is -0.128. The first-order valence-electron chi connectivity index (χ1n) is 8.65. The van der Waals surface area contributed by atoms with Crippen molar-refractivity contribution in [1.82, 2.24) is 19.4 Å². The van der Waals surface area contributed by atoms with Gasteiger partial charge in [0.2, 0.25) is 15.9 Å². The normalized spacial score (nSPS) is 21.9. The standard InChI is InChI=1S/C17H24N4O4S/c1-26(24,25)21-9-7-19(8-10-21)17(23)18-15-11-16(22)20(13-15)12-14-5-3-2-4-6-14/h2-6,15H,7-13H2,1H3,(H,18,23). The molecule has 0 saturated carbocycles. The van der Waals surface area contributed by atoms with Gasteiger partial charge in [0.15, 0.2) is 0 Å². The summed E-state index contributed by atoms with van der Waals surface area (Å²) in [6.07, 6.45) is 1.47. The van der Waals surface area contributed by atoms with Crippen LogP contribution in [0.2, 0.25) is 0 Å². The number of rotatable bonds is 4. The van der Waals surface area contributed by atoms with Crippen molar-refractivity contribution in [1.29, 1.82) is 0 Å². The van der Waals surface area contributed by atoms with E-state index in [1.807, 2.05) is 30.3 Å². The highest BCUT2D eigenvalue weighted by Crippen LogP contribution is 2.16. The number of likely N-dealkylation sites (tertiary alicyclic amines) is 1. The second-order valence-corrected chi connectivity index (χ2v) is 8.74. The second-order valence-electron chi connectivity index (χ2n) is 6.76. The van der Waals surface area contributed by atoms with Gasteiger partial charge in [-0.05, 0) is 5.56 Å². The van der Waals surface area contributed by atoms with Crippen molar-refractivity contribution >= 4 is 22.0 Å². The van der Waals surface area contributed by atoms with Gasteiger partial charge in [0, 0.05) is 45.7 Å². The van der Waals surface area contributed by atoms with Crippen molar-refractivity contribution in [3.8, 4) is 0 Å². The van der Waals surface area contributed by atoms with Crippen LogP contribution in [0.25, 0.3) is 0 Å². The minimum Gasteiger partial charge on any atom is -0.336 e. The van der Waals surface area contributed by atoms with Crippen LogP contribution in [0.15, 0.2) is 30.3 Å². The number of hydrogen-bond acceptors (Lipinski definition) is 4. The van der Waals surface area contributed by atoms with Crippen LogP contribution < -0.4 is 5.32 Å². The zero-order valence-corrected chi connectivity index (χ0v) is 15.6. The number of sulfonamides is 1. The van der Waals surface area contributed by atoms with Crippen molar-refractivity contribution in [3.63, 3.8) is 0 Å². The van der Waals surface area contributed by atoms with E-state index in [0.717, 1.165) is 5.56 Å². The van der Waals surface area contributed by atoms with Gasteiger partial charge in [0.05, 0.1) is 12.3 Å². The minimum absolute atomic E-state index is 0.0287. The van der Waals surface area contributed by atoms with Crippen LogP contribution in [0.4, 0.5) is 4.79 Å². The molecule has 2 aliphatic heterocycles. The summed E-state index contributed by atoms with van der Waals surface area (Å²) in [4.78, 5) is 27.9. The maximum atomic E-state index is 12.4. The average Bonchev–Trinajstić information content (AvgIpc) is 2.94. The van der Waals surface area contributed by atoms with Gasteiger partial charge in [-0.25, -0.2) is 13.2 Å². The highest BCUT2D eigenvalue weighted by molar-refractivity contribution is 7.88. The molecule has 9 heteroatoms. The third-order valence-corrected chi connectivity index (χ3v) is 6.06. The molecule has 8 nitrogen and oxygen atoms in total. The molecular formula is C17H24N4O4S. The van der Waals surface area contributed by atoms with Gasteiger partial charge in [-0.15, -0.1) is 0 Å². The first kappa shape index (κ1) is 18.7. The third kappa shape index (κ3) is 4.53. The first-order valence-corrected chi connectivity index (χ1v) is 10.5. The van der Waals surface area contributed by atoms with Gasteiger partial charge in [0.1, 0.15) is 0 Å². The predicted octanol–water partition coefficient (Wildman–Crippen LogP) is 0.0743.